The van der Waals surface area contributed by atoms with Crippen molar-refractivity contribution in [2.24, 2.45) is 0 Å². The molecule has 0 unspecified atom stereocenters. The van der Waals surface area contributed by atoms with E-state index in [1.54, 1.807) is 0 Å². The third-order valence-corrected chi connectivity index (χ3v) is 3.58. The van der Waals surface area contributed by atoms with Gasteiger partial charge in [-0.25, -0.2) is 4.98 Å². The van der Waals surface area contributed by atoms with Crippen LogP contribution in [0.2, 0.25) is 0 Å². The minimum Gasteiger partial charge on any atom is -0.303 e. The highest BCUT2D eigenvalue weighted by atomic mass is 16.1. The van der Waals surface area contributed by atoms with Crippen LogP contribution in [0.4, 0.5) is 0 Å². The summed E-state index contributed by atoms with van der Waals surface area (Å²) in [6, 6.07) is 5.62. The molecule has 4 nitrogen and oxygen atoms in total. The van der Waals surface area contributed by atoms with E-state index in [-0.39, 0.29) is 0 Å². The Morgan fingerprint density at radius 1 is 1.28 bits per heavy atom. The van der Waals surface area contributed by atoms with Gasteiger partial charge in [0.25, 0.3) is 0 Å². The first-order valence-electron chi connectivity index (χ1n) is 6.51. The van der Waals surface area contributed by atoms with Crippen molar-refractivity contribution >= 4 is 11.9 Å². The van der Waals surface area contributed by atoms with Crippen LogP contribution in [0, 0.1) is 0 Å². The summed E-state index contributed by atoms with van der Waals surface area (Å²) in [5.41, 5.74) is 2.58. The molecule has 0 bridgehead atoms. The van der Waals surface area contributed by atoms with Crippen LogP contribution in [0.15, 0.2) is 24.4 Å². The van der Waals surface area contributed by atoms with Gasteiger partial charge in [0, 0.05) is 19.2 Å². The summed E-state index contributed by atoms with van der Waals surface area (Å²) < 4.78 is 1.87. The Bertz CT molecular complexity index is 555. The van der Waals surface area contributed by atoms with Gasteiger partial charge in [-0.05, 0) is 38.1 Å². The molecule has 4 heteroatoms. The number of nitrogens with zero attached hydrogens (tertiary/aromatic N) is 3. The van der Waals surface area contributed by atoms with E-state index in [0.717, 1.165) is 30.6 Å². The normalized spacial score (nSPS) is 16.4. The van der Waals surface area contributed by atoms with E-state index in [4.69, 9.17) is 0 Å². The van der Waals surface area contributed by atoms with Gasteiger partial charge in [-0.15, -0.1) is 0 Å². The Hall–Kier alpha value is -1.68. The number of rotatable bonds is 4. The van der Waals surface area contributed by atoms with Crippen LogP contribution in [-0.4, -0.2) is 40.2 Å². The van der Waals surface area contributed by atoms with E-state index in [1.807, 2.05) is 28.8 Å². The summed E-state index contributed by atoms with van der Waals surface area (Å²) in [6.07, 6.45) is 6.45. The number of pyridine rings is 1. The molecular weight excluding hydrogens is 226 g/mol. The second kappa shape index (κ2) is 4.90. The molecule has 1 fully saturated rings. The Morgan fingerprint density at radius 3 is 2.89 bits per heavy atom. The van der Waals surface area contributed by atoms with Crippen LogP contribution in [0.3, 0.4) is 0 Å². The number of likely N-dealkylation sites (tertiary alicyclic amines) is 1. The molecule has 1 aliphatic heterocycles. The Kier molecular flexibility index (Phi) is 3.11. The smallest absolute Gasteiger partial charge is 0.166 e. The molecule has 3 heterocycles. The number of fused-ring (bicyclic) bond motifs is 1. The molecule has 2 aromatic heterocycles. The van der Waals surface area contributed by atoms with Crippen molar-refractivity contribution in [1.29, 1.82) is 0 Å². The zero-order valence-corrected chi connectivity index (χ0v) is 10.4. The predicted octanol–water partition coefficient (Wildman–Crippen LogP) is 1.79. The minimum absolute atomic E-state index is 0.660. The number of hydrogen-bond acceptors (Lipinski definition) is 3. The topological polar surface area (TPSA) is 37.6 Å². The van der Waals surface area contributed by atoms with E-state index in [0.29, 0.717) is 5.69 Å². The van der Waals surface area contributed by atoms with E-state index in [9.17, 15) is 4.79 Å². The number of aromatic nitrogens is 2. The van der Waals surface area contributed by atoms with Gasteiger partial charge in [-0.3, -0.25) is 9.20 Å². The number of carbonyl (C=O) groups is 1. The largest absolute Gasteiger partial charge is 0.303 e. The quantitative estimate of drug-likeness (QED) is 0.768. The van der Waals surface area contributed by atoms with Crippen LogP contribution >= 0.6 is 0 Å². The summed E-state index contributed by atoms with van der Waals surface area (Å²) in [7, 11) is 0. The zero-order chi connectivity index (χ0) is 12.4. The maximum Gasteiger partial charge on any atom is 0.166 e. The predicted molar refractivity (Wildman–Crippen MR) is 70.0 cm³/mol. The first-order chi connectivity index (χ1) is 8.86. The fraction of sp³-hybridized carbons (Fsp3) is 0.429. The van der Waals surface area contributed by atoms with Gasteiger partial charge in [-0.1, -0.05) is 6.07 Å². The molecule has 0 amide bonds. The average molecular weight is 243 g/mol. The van der Waals surface area contributed by atoms with E-state index >= 15 is 0 Å². The molecule has 94 valence electrons. The van der Waals surface area contributed by atoms with Gasteiger partial charge in [0.2, 0.25) is 0 Å². The molecule has 0 aromatic carbocycles. The lowest BCUT2D eigenvalue weighted by molar-refractivity contribution is 0.111. The fourth-order valence-corrected chi connectivity index (χ4v) is 2.58. The third-order valence-electron chi connectivity index (χ3n) is 3.58. The summed E-state index contributed by atoms with van der Waals surface area (Å²) in [6.45, 7) is 3.50. The van der Waals surface area contributed by atoms with Crippen molar-refractivity contribution in [3.63, 3.8) is 0 Å². The molecule has 0 N–H and O–H groups in total. The SMILES string of the molecule is O=Cc1cccc2nc(CCN3CCCC3)cn12. The maximum absolute atomic E-state index is 10.9. The number of carbonyl (C=O) groups excluding carboxylic acids is 1. The highest BCUT2D eigenvalue weighted by molar-refractivity contribution is 5.73. The van der Waals surface area contributed by atoms with Gasteiger partial charge >= 0.3 is 0 Å². The highest BCUT2D eigenvalue weighted by Crippen LogP contribution is 2.11. The molecule has 1 saturated heterocycles. The number of hydrogen-bond donors (Lipinski definition) is 0. The van der Waals surface area contributed by atoms with Crippen LogP contribution in [-0.2, 0) is 6.42 Å². The zero-order valence-electron chi connectivity index (χ0n) is 10.4. The molecule has 18 heavy (non-hydrogen) atoms. The van der Waals surface area contributed by atoms with Crippen LogP contribution in [0.25, 0.3) is 5.65 Å². The van der Waals surface area contributed by atoms with Crippen molar-refractivity contribution in [2.45, 2.75) is 19.3 Å². The van der Waals surface area contributed by atoms with E-state index in [2.05, 4.69) is 9.88 Å². The van der Waals surface area contributed by atoms with Crippen molar-refractivity contribution in [2.75, 3.05) is 19.6 Å². The van der Waals surface area contributed by atoms with Gasteiger partial charge < -0.3 is 4.90 Å². The first-order valence-corrected chi connectivity index (χ1v) is 6.51. The fourth-order valence-electron chi connectivity index (χ4n) is 2.58. The Labute approximate surface area is 106 Å². The molecule has 0 spiro atoms. The van der Waals surface area contributed by atoms with Gasteiger partial charge in [-0.2, -0.15) is 0 Å². The minimum atomic E-state index is 0.660. The van der Waals surface area contributed by atoms with Crippen molar-refractivity contribution in [3.8, 4) is 0 Å². The van der Waals surface area contributed by atoms with Gasteiger partial charge in [0.15, 0.2) is 6.29 Å². The lowest BCUT2D eigenvalue weighted by atomic mass is 10.3. The molecule has 0 aliphatic carbocycles. The summed E-state index contributed by atoms with van der Waals surface area (Å²) in [5, 5.41) is 0. The second-order valence-electron chi connectivity index (χ2n) is 4.83. The van der Waals surface area contributed by atoms with Crippen LogP contribution in [0.1, 0.15) is 29.0 Å². The summed E-state index contributed by atoms with van der Waals surface area (Å²) >= 11 is 0. The van der Waals surface area contributed by atoms with Gasteiger partial charge in [0.1, 0.15) is 5.65 Å². The van der Waals surface area contributed by atoms with Gasteiger partial charge in [0.05, 0.1) is 11.4 Å². The van der Waals surface area contributed by atoms with E-state index < -0.39 is 0 Å². The molecular formula is C14H17N3O. The lowest BCUT2D eigenvalue weighted by Gasteiger charge is -2.12. The first kappa shape index (κ1) is 11.4. The molecule has 3 rings (SSSR count). The summed E-state index contributed by atoms with van der Waals surface area (Å²) in [5.74, 6) is 0. The Morgan fingerprint density at radius 2 is 2.11 bits per heavy atom. The average Bonchev–Trinajstić information content (AvgIpc) is 3.04. The second-order valence-corrected chi connectivity index (χ2v) is 4.83. The molecule has 2 aromatic rings. The maximum atomic E-state index is 10.9. The standard InChI is InChI=1S/C14H17N3O/c18-11-13-4-3-5-14-15-12(10-17(13)14)6-9-16-7-1-2-8-16/h3-5,10-11H,1-2,6-9H2. The highest BCUT2D eigenvalue weighted by Gasteiger charge is 2.12. The molecule has 0 atom stereocenters. The molecule has 1 aliphatic rings. The van der Waals surface area contributed by atoms with Crippen LogP contribution in [0.5, 0.6) is 0 Å². The van der Waals surface area contributed by atoms with Crippen molar-refractivity contribution in [1.82, 2.24) is 14.3 Å². The summed E-state index contributed by atoms with van der Waals surface area (Å²) in [4.78, 5) is 18.0. The van der Waals surface area contributed by atoms with Crippen molar-refractivity contribution < 1.29 is 4.79 Å². The third kappa shape index (κ3) is 2.16. The number of imidazole rings is 1. The Balaban J connectivity index is 1.78. The number of aldehydes is 1. The monoisotopic (exact) mass is 243 g/mol. The molecule has 0 radical (unpaired) electrons. The van der Waals surface area contributed by atoms with Crippen molar-refractivity contribution in [3.05, 3.63) is 35.8 Å². The lowest BCUT2D eigenvalue weighted by Crippen LogP contribution is -2.21. The van der Waals surface area contributed by atoms with E-state index in [1.165, 1.54) is 25.9 Å². The molecule has 0 saturated carbocycles. The van der Waals surface area contributed by atoms with Crippen LogP contribution < -0.4 is 0 Å².